The first kappa shape index (κ1) is 19.2. The van der Waals surface area contributed by atoms with E-state index in [0.717, 1.165) is 24.2 Å². The molecule has 0 radical (unpaired) electrons. The van der Waals surface area contributed by atoms with E-state index in [1.54, 1.807) is 0 Å². The lowest BCUT2D eigenvalue weighted by Gasteiger charge is -2.23. The fourth-order valence-electron chi connectivity index (χ4n) is 2.06. The second kappa shape index (κ2) is 10.9. The van der Waals surface area contributed by atoms with Crippen molar-refractivity contribution < 1.29 is 18.0 Å². The van der Waals surface area contributed by atoms with Crippen LogP contribution in [-0.4, -0.2) is 36.6 Å². The molecule has 0 bridgehead atoms. The van der Waals surface area contributed by atoms with Gasteiger partial charge in [0.05, 0.1) is 0 Å². The Labute approximate surface area is 119 Å². The van der Waals surface area contributed by atoms with Gasteiger partial charge in [0.2, 0.25) is 5.91 Å². The molecule has 0 aromatic heterocycles. The molecule has 0 heterocycles. The number of hydrogen-bond acceptors (Lipinski definition) is 2. The van der Waals surface area contributed by atoms with Crippen molar-refractivity contribution in [3.05, 3.63) is 0 Å². The minimum atomic E-state index is -4.36. The Morgan fingerprint density at radius 1 is 1.05 bits per heavy atom. The minimum absolute atomic E-state index is 0.0329. The molecule has 3 nitrogen and oxygen atoms in total. The average Bonchev–Trinajstić information content (AvgIpc) is 2.35. The van der Waals surface area contributed by atoms with E-state index in [4.69, 9.17) is 5.73 Å². The molecule has 6 heteroatoms. The van der Waals surface area contributed by atoms with Crippen LogP contribution in [0.3, 0.4) is 0 Å². The number of nitrogens with two attached hydrogens (primary N) is 1. The van der Waals surface area contributed by atoms with E-state index >= 15 is 0 Å². The highest BCUT2D eigenvalue weighted by Gasteiger charge is 2.32. The summed E-state index contributed by atoms with van der Waals surface area (Å²) < 4.78 is 36.9. The van der Waals surface area contributed by atoms with Crippen LogP contribution >= 0.6 is 0 Å². The monoisotopic (exact) mass is 296 g/mol. The Morgan fingerprint density at radius 2 is 1.60 bits per heavy atom. The standard InChI is InChI=1S/C14H27F3N2O/c1-2-3-4-5-6-7-8-9-13(20)19(11-10-18)12-14(15,16)17/h2-12,18H2,1H3. The van der Waals surface area contributed by atoms with E-state index in [1.165, 1.54) is 19.3 Å². The Balaban J connectivity index is 3.84. The molecule has 0 aliphatic carbocycles. The van der Waals surface area contributed by atoms with Gasteiger partial charge >= 0.3 is 6.18 Å². The van der Waals surface area contributed by atoms with Crippen molar-refractivity contribution in [2.45, 2.75) is 64.5 Å². The summed E-state index contributed by atoms with van der Waals surface area (Å²) in [7, 11) is 0. The molecule has 0 unspecified atom stereocenters. The number of carbonyl (C=O) groups is 1. The van der Waals surface area contributed by atoms with Crippen molar-refractivity contribution in [3.8, 4) is 0 Å². The van der Waals surface area contributed by atoms with Gasteiger partial charge < -0.3 is 10.6 Å². The van der Waals surface area contributed by atoms with Gasteiger partial charge in [-0.05, 0) is 6.42 Å². The van der Waals surface area contributed by atoms with Gasteiger partial charge in [-0.3, -0.25) is 4.79 Å². The van der Waals surface area contributed by atoms with Crippen molar-refractivity contribution in [2.24, 2.45) is 5.73 Å². The molecule has 0 fully saturated rings. The molecular weight excluding hydrogens is 269 g/mol. The van der Waals surface area contributed by atoms with Crippen LogP contribution in [0.1, 0.15) is 58.3 Å². The van der Waals surface area contributed by atoms with Crippen LogP contribution in [0.4, 0.5) is 13.2 Å². The van der Waals surface area contributed by atoms with Gasteiger partial charge in [-0.1, -0.05) is 45.4 Å². The van der Waals surface area contributed by atoms with E-state index in [0.29, 0.717) is 6.42 Å². The number of alkyl halides is 3. The van der Waals surface area contributed by atoms with Crippen molar-refractivity contribution >= 4 is 5.91 Å². The lowest BCUT2D eigenvalue weighted by Crippen LogP contribution is -2.41. The molecule has 1 amide bonds. The molecule has 0 aliphatic heterocycles. The summed E-state index contributed by atoms with van der Waals surface area (Å²) in [4.78, 5) is 12.5. The zero-order valence-electron chi connectivity index (χ0n) is 12.3. The summed E-state index contributed by atoms with van der Waals surface area (Å²) in [6.45, 7) is 0.971. The fourth-order valence-corrected chi connectivity index (χ4v) is 2.06. The molecule has 0 spiro atoms. The molecule has 2 N–H and O–H groups in total. The van der Waals surface area contributed by atoms with Gasteiger partial charge in [-0.25, -0.2) is 0 Å². The number of unbranched alkanes of at least 4 members (excludes halogenated alkanes) is 6. The summed E-state index contributed by atoms with van der Waals surface area (Å²) in [5.74, 6) is -0.443. The van der Waals surface area contributed by atoms with Crippen LogP contribution < -0.4 is 5.73 Å². The third-order valence-corrected chi connectivity index (χ3v) is 3.12. The van der Waals surface area contributed by atoms with Gasteiger partial charge in [-0.15, -0.1) is 0 Å². The number of hydrogen-bond donors (Lipinski definition) is 1. The number of carbonyl (C=O) groups excluding carboxylic acids is 1. The zero-order chi connectivity index (χ0) is 15.4. The molecule has 0 atom stereocenters. The van der Waals surface area contributed by atoms with E-state index in [2.05, 4.69) is 6.92 Å². The second-order valence-electron chi connectivity index (χ2n) is 5.09. The highest BCUT2D eigenvalue weighted by molar-refractivity contribution is 5.76. The van der Waals surface area contributed by atoms with Gasteiger partial charge in [-0.2, -0.15) is 13.2 Å². The van der Waals surface area contributed by atoms with Crippen molar-refractivity contribution in [2.75, 3.05) is 19.6 Å². The zero-order valence-corrected chi connectivity index (χ0v) is 12.3. The van der Waals surface area contributed by atoms with Crippen LogP contribution in [0.5, 0.6) is 0 Å². The maximum atomic E-state index is 12.3. The molecule has 0 rings (SSSR count). The molecular formula is C14H27F3N2O. The van der Waals surface area contributed by atoms with Crippen LogP contribution in [-0.2, 0) is 4.79 Å². The molecule has 0 saturated heterocycles. The lowest BCUT2D eigenvalue weighted by molar-refractivity contribution is -0.161. The Bertz CT molecular complexity index is 257. The molecule has 20 heavy (non-hydrogen) atoms. The van der Waals surface area contributed by atoms with Crippen molar-refractivity contribution in [1.29, 1.82) is 0 Å². The van der Waals surface area contributed by atoms with Gasteiger partial charge in [0, 0.05) is 19.5 Å². The average molecular weight is 296 g/mol. The smallest absolute Gasteiger partial charge is 0.332 e. The van der Waals surface area contributed by atoms with E-state index < -0.39 is 18.6 Å². The van der Waals surface area contributed by atoms with Gasteiger partial charge in [0.15, 0.2) is 0 Å². The molecule has 0 aromatic carbocycles. The van der Waals surface area contributed by atoms with E-state index in [1.807, 2.05) is 0 Å². The summed E-state index contributed by atoms with van der Waals surface area (Å²) in [6, 6.07) is 0. The van der Waals surface area contributed by atoms with Gasteiger partial charge in [0.25, 0.3) is 0 Å². The van der Waals surface area contributed by atoms with Crippen LogP contribution in [0.15, 0.2) is 0 Å². The Kier molecular flexibility index (Phi) is 10.5. The third kappa shape index (κ3) is 11.1. The highest BCUT2D eigenvalue weighted by atomic mass is 19.4. The SMILES string of the molecule is CCCCCCCCCC(=O)N(CCN)CC(F)(F)F. The third-order valence-electron chi connectivity index (χ3n) is 3.12. The largest absolute Gasteiger partial charge is 0.406 e. The Morgan fingerprint density at radius 3 is 2.10 bits per heavy atom. The number of rotatable bonds is 11. The topological polar surface area (TPSA) is 46.3 Å². The number of amides is 1. The summed E-state index contributed by atoms with van der Waals surface area (Å²) in [5.41, 5.74) is 5.25. The maximum Gasteiger partial charge on any atom is 0.406 e. The first-order valence-corrected chi connectivity index (χ1v) is 7.45. The van der Waals surface area contributed by atoms with Crippen molar-refractivity contribution in [3.63, 3.8) is 0 Å². The van der Waals surface area contributed by atoms with Crippen LogP contribution in [0, 0.1) is 0 Å². The van der Waals surface area contributed by atoms with Crippen LogP contribution in [0.25, 0.3) is 0 Å². The normalized spacial score (nSPS) is 11.7. The predicted octanol–water partition coefficient (Wildman–Crippen LogP) is 3.48. The summed E-state index contributed by atoms with van der Waals surface area (Å²) >= 11 is 0. The van der Waals surface area contributed by atoms with Gasteiger partial charge in [0.1, 0.15) is 6.54 Å². The molecule has 0 aliphatic rings. The maximum absolute atomic E-state index is 12.3. The molecule has 0 aromatic rings. The molecule has 0 saturated carbocycles. The highest BCUT2D eigenvalue weighted by Crippen LogP contribution is 2.17. The fraction of sp³-hybridized carbons (Fsp3) is 0.929. The second-order valence-corrected chi connectivity index (χ2v) is 5.09. The van der Waals surface area contributed by atoms with Crippen LogP contribution in [0.2, 0.25) is 0 Å². The first-order chi connectivity index (χ1) is 9.40. The Hall–Kier alpha value is -0.780. The van der Waals surface area contributed by atoms with E-state index in [-0.39, 0.29) is 19.5 Å². The summed E-state index contributed by atoms with van der Waals surface area (Å²) in [6.07, 6.45) is 3.16. The quantitative estimate of drug-likeness (QED) is 0.593. The number of nitrogens with zero attached hydrogens (tertiary/aromatic N) is 1. The van der Waals surface area contributed by atoms with E-state index in [9.17, 15) is 18.0 Å². The molecule has 120 valence electrons. The predicted molar refractivity (Wildman–Crippen MR) is 74.3 cm³/mol. The number of halogens is 3. The first-order valence-electron chi connectivity index (χ1n) is 7.45. The minimum Gasteiger partial charge on any atom is -0.332 e. The summed E-state index contributed by atoms with van der Waals surface area (Å²) in [5, 5.41) is 0. The van der Waals surface area contributed by atoms with Crippen molar-refractivity contribution in [1.82, 2.24) is 4.90 Å². The lowest BCUT2D eigenvalue weighted by atomic mass is 10.1.